The molecule has 0 spiro atoms. The molecule has 2 fully saturated rings. The first kappa shape index (κ1) is 23.1. The molecule has 2 aromatic rings. The summed E-state index contributed by atoms with van der Waals surface area (Å²) in [6, 6.07) is 15.3. The number of carbonyl (C=O) groups excluding carboxylic acids is 1. The van der Waals surface area contributed by atoms with Crippen LogP contribution in [-0.2, 0) is 27.1 Å². The molecule has 0 aliphatic carbocycles. The highest BCUT2D eigenvalue weighted by molar-refractivity contribution is 7.88. The zero-order valence-electron chi connectivity index (χ0n) is 18.2. The molecular weight excluding hydrogens is 446 g/mol. The van der Waals surface area contributed by atoms with Gasteiger partial charge in [-0.15, -0.1) is 0 Å². The minimum atomic E-state index is -3.43. The summed E-state index contributed by atoms with van der Waals surface area (Å²) < 4.78 is 27.0. The van der Waals surface area contributed by atoms with Gasteiger partial charge in [-0.3, -0.25) is 4.79 Å². The predicted molar refractivity (Wildman–Crippen MR) is 128 cm³/mol. The SMILES string of the molecule is O=C(NCc1ccc(N2CCCC2)cc1)C1CCN(S(=O)(=O)Cc2cccc(Cl)c2)CC1. The summed E-state index contributed by atoms with van der Waals surface area (Å²) in [5, 5.41) is 3.55. The van der Waals surface area contributed by atoms with Gasteiger partial charge >= 0.3 is 0 Å². The number of sulfonamides is 1. The van der Waals surface area contributed by atoms with Crippen molar-refractivity contribution < 1.29 is 13.2 Å². The van der Waals surface area contributed by atoms with Crippen LogP contribution in [0.15, 0.2) is 48.5 Å². The number of nitrogens with zero attached hydrogens (tertiary/aromatic N) is 2. The average Bonchev–Trinajstić information content (AvgIpc) is 3.33. The smallest absolute Gasteiger partial charge is 0.223 e. The van der Waals surface area contributed by atoms with Gasteiger partial charge < -0.3 is 10.2 Å². The molecule has 2 aliphatic heterocycles. The molecule has 0 radical (unpaired) electrons. The lowest BCUT2D eigenvalue weighted by molar-refractivity contribution is -0.126. The van der Waals surface area contributed by atoms with Gasteiger partial charge in [-0.25, -0.2) is 12.7 Å². The predicted octanol–water partition coefficient (Wildman–Crippen LogP) is 3.80. The Hall–Kier alpha value is -2.09. The topological polar surface area (TPSA) is 69.7 Å². The van der Waals surface area contributed by atoms with Crippen molar-refractivity contribution in [3.8, 4) is 0 Å². The summed E-state index contributed by atoms with van der Waals surface area (Å²) in [4.78, 5) is 15.0. The largest absolute Gasteiger partial charge is 0.372 e. The third-order valence-corrected chi connectivity index (χ3v) is 8.42. The van der Waals surface area contributed by atoms with Gasteiger partial charge in [0.15, 0.2) is 0 Å². The average molecular weight is 476 g/mol. The molecule has 0 atom stereocenters. The van der Waals surface area contributed by atoms with E-state index in [2.05, 4.69) is 34.5 Å². The van der Waals surface area contributed by atoms with Crippen molar-refractivity contribution in [1.29, 1.82) is 0 Å². The summed E-state index contributed by atoms with van der Waals surface area (Å²) >= 11 is 5.97. The van der Waals surface area contributed by atoms with Gasteiger partial charge in [-0.2, -0.15) is 0 Å². The van der Waals surface area contributed by atoms with E-state index >= 15 is 0 Å². The number of benzene rings is 2. The van der Waals surface area contributed by atoms with Gasteiger partial charge in [0.2, 0.25) is 15.9 Å². The highest BCUT2D eigenvalue weighted by Gasteiger charge is 2.31. The molecule has 2 aromatic carbocycles. The van der Waals surface area contributed by atoms with E-state index in [-0.39, 0.29) is 17.6 Å². The van der Waals surface area contributed by atoms with Crippen LogP contribution >= 0.6 is 11.6 Å². The fourth-order valence-corrected chi connectivity index (χ4v) is 6.22. The van der Waals surface area contributed by atoms with Crippen molar-refractivity contribution in [2.45, 2.75) is 38.0 Å². The number of carbonyl (C=O) groups is 1. The summed E-state index contributed by atoms with van der Waals surface area (Å²) in [6.07, 6.45) is 3.57. The van der Waals surface area contributed by atoms with E-state index in [0.29, 0.717) is 43.1 Å². The number of amides is 1. The molecule has 172 valence electrons. The van der Waals surface area contributed by atoms with Crippen LogP contribution in [0.3, 0.4) is 0 Å². The minimum absolute atomic E-state index is 0.000471. The summed E-state index contributed by atoms with van der Waals surface area (Å²) in [6.45, 7) is 3.45. The number of hydrogen-bond donors (Lipinski definition) is 1. The third kappa shape index (κ3) is 5.82. The second-order valence-electron chi connectivity index (χ2n) is 8.64. The molecule has 2 saturated heterocycles. The maximum atomic E-state index is 12.8. The monoisotopic (exact) mass is 475 g/mol. The number of nitrogens with one attached hydrogen (secondary N) is 1. The lowest BCUT2D eigenvalue weighted by Gasteiger charge is -2.30. The van der Waals surface area contributed by atoms with Crippen LogP contribution in [0.1, 0.15) is 36.8 Å². The van der Waals surface area contributed by atoms with E-state index in [1.165, 1.54) is 22.8 Å². The van der Waals surface area contributed by atoms with Crippen LogP contribution in [0.2, 0.25) is 5.02 Å². The van der Waals surface area contributed by atoms with Crippen molar-refractivity contribution >= 4 is 33.2 Å². The van der Waals surface area contributed by atoms with Crippen molar-refractivity contribution in [1.82, 2.24) is 9.62 Å². The lowest BCUT2D eigenvalue weighted by atomic mass is 9.97. The number of piperidine rings is 1. The quantitative estimate of drug-likeness (QED) is 0.661. The van der Waals surface area contributed by atoms with Crippen LogP contribution in [0.4, 0.5) is 5.69 Å². The molecule has 1 amide bonds. The Balaban J connectivity index is 1.24. The molecule has 1 N–H and O–H groups in total. The van der Waals surface area contributed by atoms with Crippen LogP contribution in [0.5, 0.6) is 0 Å². The zero-order chi connectivity index (χ0) is 22.6. The molecule has 4 rings (SSSR count). The first-order chi connectivity index (χ1) is 15.4. The van der Waals surface area contributed by atoms with E-state index in [9.17, 15) is 13.2 Å². The standard InChI is InChI=1S/C24H30ClN3O3S/c25-22-5-3-4-20(16-22)18-32(30,31)28-14-10-21(11-15-28)24(29)26-17-19-6-8-23(9-7-19)27-12-1-2-13-27/h3-9,16,21H,1-2,10-15,17-18H2,(H,26,29). The molecule has 8 heteroatoms. The highest BCUT2D eigenvalue weighted by Crippen LogP contribution is 2.23. The number of rotatable bonds is 7. The Kier molecular flexibility index (Phi) is 7.38. The van der Waals surface area contributed by atoms with Gasteiger partial charge in [0, 0.05) is 49.4 Å². The van der Waals surface area contributed by atoms with Gasteiger partial charge in [-0.05, 0) is 61.1 Å². The van der Waals surface area contributed by atoms with E-state index in [4.69, 9.17) is 11.6 Å². The Morgan fingerprint density at radius 3 is 2.31 bits per heavy atom. The maximum absolute atomic E-state index is 12.8. The van der Waals surface area contributed by atoms with Gasteiger partial charge in [0.1, 0.15) is 0 Å². The number of anilines is 1. The van der Waals surface area contributed by atoms with Crippen molar-refractivity contribution in [3.05, 3.63) is 64.7 Å². The van der Waals surface area contributed by atoms with Crippen LogP contribution < -0.4 is 10.2 Å². The molecule has 2 heterocycles. The molecule has 6 nitrogen and oxygen atoms in total. The van der Waals surface area contributed by atoms with Gasteiger partial charge in [-0.1, -0.05) is 35.9 Å². The molecule has 0 unspecified atom stereocenters. The molecule has 2 aliphatic rings. The van der Waals surface area contributed by atoms with Gasteiger partial charge in [0.05, 0.1) is 5.75 Å². The molecular formula is C24H30ClN3O3S. The molecule has 0 aromatic heterocycles. The van der Waals surface area contributed by atoms with Crippen molar-refractivity contribution in [3.63, 3.8) is 0 Å². The normalized spacial score (nSPS) is 18.1. The molecule has 0 saturated carbocycles. The van der Waals surface area contributed by atoms with Crippen LogP contribution in [0, 0.1) is 5.92 Å². The maximum Gasteiger partial charge on any atom is 0.223 e. The van der Waals surface area contributed by atoms with E-state index in [1.807, 2.05) is 0 Å². The summed E-state index contributed by atoms with van der Waals surface area (Å²) in [7, 11) is -3.43. The van der Waals surface area contributed by atoms with Crippen molar-refractivity contribution in [2.24, 2.45) is 5.92 Å². The van der Waals surface area contributed by atoms with Crippen LogP contribution in [-0.4, -0.2) is 44.8 Å². The van der Waals surface area contributed by atoms with Gasteiger partial charge in [0.25, 0.3) is 0 Å². The third-order valence-electron chi connectivity index (χ3n) is 6.33. The van der Waals surface area contributed by atoms with E-state index in [1.54, 1.807) is 24.3 Å². The highest BCUT2D eigenvalue weighted by atomic mass is 35.5. The lowest BCUT2D eigenvalue weighted by Crippen LogP contribution is -2.43. The fraction of sp³-hybridized carbons (Fsp3) is 0.458. The Labute approximate surface area is 195 Å². The second-order valence-corrected chi connectivity index (χ2v) is 11.0. The minimum Gasteiger partial charge on any atom is -0.372 e. The molecule has 32 heavy (non-hydrogen) atoms. The Bertz CT molecular complexity index is 1030. The van der Waals surface area contributed by atoms with E-state index in [0.717, 1.165) is 18.7 Å². The summed E-state index contributed by atoms with van der Waals surface area (Å²) in [5.74, 6) is -0.227. The zero-order valence-corrected chi connectivity index (χ0v) is 19.7. The fourth-order valence-electron chi connectivity index (χ4n) is 4.46. The first-order valence-electron chi connectivity index (χ1n) is 11.2. The number of hydrogen-bond acceptors (Lipinski definition) is 4. The Morgan fingerprint density at radius 2 is 1.66 bits per heavy atom. The van der Waals surface area contributed by atoms with Crippen molar-refractivity contribution in [2.75, 3.05) is 31.1 Å². The Morgan fingerprint density at radius 1 is 0.969 bits per heavy atom. The van der Waals surface area contributed by atoms with E-state index < -0.39 is 10.0 Å². The molecule has 0 bridgehead atoms. The number of halogens is 1. The summed E-state index contributed by atoms with van der Waals surface area (Å²) in [5.41, 5.74) is 2.99. The first-order valence-corrected chi connectivity index (χ1v) is 13.2. The second kappa shape index (κ2) is 10.2. The van der Waals surface area contributed by atoms with Crippen LogP contribution in [0.25, 0.3) is 0 Å².